The zero-order valence-electron chi connectivity index (χ0n) is 16.6. The van der Waals surface area contributed by atoms with E-state index in [1.165, 1.54) is 11.8 Å². The Labute approximate surface area is 177 Å². The van der Waals surface area contributed by atoms with E-state index in [1.54, 1.807) is 0 Å². The first-order valence-corrected chi connectivity index (χ1v) is 9.96. The van der Waals surface area contributed by atoms with Crippen LogP contribution < -0.4 is 26.8 Å². The number of nitrogen functional groups attached to an aromatic ring is 1. The van der Waals surface area contributed by atoms with Gasteiger partial charge in [-0.05, 0) is 29.2 Å². The van der Waals surface area contributed by atoms with Gasteiger partial charge in [-0.15, -0.1) is 0 Å². The van der Waals surface area contributed by atoms with Crippen LogP contribution in [-0.4, -0.2) is 22.6 Å². The highest BCUT2D eigenvalue weighted by Crippen LogP contribution is 2.26. The minimum absolute atomic E-state index is 0.0510. The first kappa shape index (κ1) is 18.9. The van der Waals surface area contributed by atoms with E-state index in [0.717, 1.165) is 22.9 Å². The molecule has 154 valence electrons. The van der Waals surface area contributed by atoms with Gasteiger partial charge in [0.05, 0.1) is 17.3 Å². The van der Waals surface area contributed by atoms with Gasteiger partial charge in [0.2, 0.25) is 0 Å². The van der Waals surface area contributed by atoms with Gasteiger partial charge in [-0.2, -0.15) is 10.2 Å². The van der Waals surface area contributed by atoms with Crippen molar-refractivity contribution in [3.05, 3.63) is 91.4 Å². The smallest absolute Gasteiger partial charge is 0.253 e. The topological polar surface area (TPSA) is 118 Å². The Bertz CT molecular complexity index is 1400. The molecule has 3 N–H and O–H groups in total. The summed E-state index contributed by atoms with van der Waals surface area (Å²) >= 11 is 0. The summed E-state index contributed by atoms with van der Waals surface area (Å²) in [5.41, 5.74) is 9.32. The molecule has 1 amide bonds. The third kappa shape index (κ3) is 3.22. The molecule has 1 aliphatic rings. The number of rotatable bonds is 4. The number of carbonyl (C=O) groups excluding carboxylic acids is 1. The Balaban J connectivity index is 1.33. The van der Waals surface area contributed by atoms with Crippen LogP contribution in [-0.2, 0) is 19.5 Å². The van der Waals surface area contributed by atoms with E-state index in [0.29, 0.717) is 36.4 Å². The Morgan fingerprint density at radius 3 is 2.77 bits per heavy atom. The third-order valence-electron chi connectivity index (χ3n) is 5.76. The van der Waals surface area contributed by atoms with Crippen molar-refractivity contribution < 1.29 is 4.79 Å². The lowest BCUT2D eigenvalue weighted by Crippen LogP contribution is -2.44. The summed E-state index contributed by atoms with van der Waals surface area (Å²) < 4.78 is 0. The van der Waals surface area contributed by atoms with E-state index in [9.17, 15) is 14.4 Å². The van der Waals surface area contributed by atoms with Crippen LogP contribution in [0, 0.1) is 0 Å². The first-order chi connectivity index (χ1) is 15.0. The second-order valence-electron chi connectivity index (χ2n) is 7.65. The minimum atomic E-state index is -0.601. The second-order valence-corrected chi connectivity index (χ2v) is 7.65. The third-order valence-corrected chi connectivity index (χ3v) is 5.76. The molecule has 0 radical (unpaired) electrons. The Kier molecular flexibility index (Phi) is 4.47. The van der Waals surface area contributed by atoms with E-state index in [2.05, 4.69) is 15.5 Å². The molecule has 0 saturated carbocycles. The molecule has 0 bridgehead atoms. The summed E-state index contributed by atoms with van der Waals surface area (Å²) in [7, 11) is 0. The van der Waals surface area contributed by atoms with Gasteiger partial charge in [0, 0.05) is 25.0 Å². The molecule has 0 spiro atoms. The van der Waals surface area contributed by atoms with Crippen molar-refractivity contribution in [3.8, 4) is 0 Å². The molecule has 3 aromatic carbocycles. The maximum absolute atomic E-state index is 12.7. The molecule has 8 nitrogen and oxygen atoms in total. The summed E-state index contributed by atoms with van der Waals surface area (Å²) in [5.74, 6) is -0.220. The van der Waals surface area contributed by atoms with Crippen LogP contribution in [0.1, 0.15) is 27.0 Å². The molecule has 8 heteroatoms. The summed E-state index contributed by atoms with van der Waals surface area (Å²) in [5, 5.41) is 11.7. The number of nitrogens with zero attached hydrogens (tertiary/aromatic N) is 3. The lowest BCUT2D eigenvalue weighted by molar-refractivity contribution is 0.0952. The lowest BCUT2D eigenvalue weighted by Gasteiger charge is -2.32. The molecule has 1 aliphatic heterocycles. The molecular formula is C23H19N5O3. The van der Waals surface area contributed by atoms with Crippen molar-refractivity contribution in [2.75, 3.05) is 17.2 Å². The average Bonchev–Trinajstić information content (AvgIpc) is 2.81. The number of benzene rings is 2. The SMILES string of the molecule is Nc1c(N2CCc3ccc(CNC(=O)c4cnnc5ccccc45)cc3C2)c(=O)c1=O. The number of fused-ring (bicyclic) bond motifs is 2. The molecule has 0 unspecified atom stereocenters. The summed E-state index contributed by atoms with van der Waals surface area (Å²) in [4.78, 5) is 37.9. The Hall–Kier alpha value is -4.07. The largest absolute Gasteiger partial charge is 0.394 e. The average molecular weight is 413 g/mol. The van der Waals surface area contributed by atoms with Crippen LogP contribution >= 0.6 is 0 Å². The fraction of sp³-hybridized carbons (Fsp3) is 0.174. The molecule has 2 heterocycles. The summed E-state index contributed by atoms with van der Waals surface area (Å²) in [6.07, 6.45) is 2.23. The number of hydrogen-bond acceptors (Lipinski definition) is 7. The van der Waals surface area contributed by atoms with Crippen molar-refractivity contribution >= 4 is 28.2 Å². The van der Waals surface area contributed by atoms with Crippen molar-refractivity contribution in [1.82, 2.24) is 15.5 Å². The monoisotopic (exact) mass is 413 g/mol. The van der Waals surface area contributed by atoms with Crippen LogP contribution in [0.2, 0.25) is 0 Å². The van der Waals surface area contributed by atoms with E-state index in [1.807, 2.05) is 47.4 Å². The van der Waals surface area contributed by atoms with Gasteiger partial charge in [0.1, 0.15) is 11.4 Å². The van der Waals surface area contributed by atoms with Crippen LogP contribution in [0.4, 0.5) is 11.4 Å². The number of carbonyl (C=O) groups is 1. The van der Waals surface area contributed by atoms with Crippen molar-refractivity contribution in [3.63, 3.8) is 0 Å². The molecule has 5 rings (SSSR count). The number of amides is 1. The summed E-state index contributed by atoms with van der Waals surface area (Å²) in [6.45, 7) is 1.50. The Morgan fingerprint density at radius 2 is 1.94 bits per heavy atom. The minimum Gasteiger partial charge on any atom is -0.394 e. The van der Waals surface area contributed by atoms with Crippen molar-refractivity contribution in [2.45, 2.75) is 19.5 Å². The molecular weight excluding hydrogens is 394 g/mol. The van der Waals surface area contributed by atoms with Gasteiger partial charge >= 0.3 is 0 Å². The molecule has 1 aromatic heterocycles. The number of nitrogens with two attached hydrogens (primary N) is 1. The normalized spacial score (nSPS) is 13.4. The number of aromatic nitrogens is 2. The highest BCUT2D eigenvalue weighted by molar-refractivity contribution is 6.05. The van der Waals surface area contributed by atoms with Gasteiger partial charge in [0.15, 0.2) is 0 Å². The number of hydrogen-bond donors (Lipinski definition) is 2. The van der Waals surface area contributed by atoms with Gasteiger partial charge in [0.25, 0.3) is 16.8 Å². The maximum atomic E-state index is 12.7. The predicted molar refractivity (Wildman–Crippen MR) is 118 cm³/mol. The predicted octanol–water partition coefficient (Wildman–Crippen LogP) is 1.30. The van der Waals surface area contributed by atoms with E-state index < -0.39 is 10.9 Å². The molecule has 0 aliphatic carbocycles. The summed E-state index contributed by atoms with van der Waals surface area (Å²) in [6, 6.07) is 13.4. The van der Waals surface area contributed by atoms with Crippen LogP contribution in [0.25, 0.3) is 10.9 Å². The highest BCUT2D eigenvalue weighted by Gasteiger charge is 2.26. The van der Waals surface area contributed by atoms with Crippen LogP contribution in [0.15, 0.2) is 58.3 Å². The molecule has 0 saturated heterocycles. The van der Waals surface area contributed by atoms with Gasteiger partial charge < -0.3 is 16.0 Å². The number of anilines is 2. The van der Waals surface area contributed by atoms with Gasteiger partial charge in [-0.1, -0.05) is 36.4 Å². The zero-order valence-corrected chi connectivity index (χ0v) is 16.6. The highest BCUT2D eigenvalue weighted by atomic mass is 16.2. The van der Waals surface area contributed by atoms with Crippen molar-refractivity contribution in [2.24, 2.45) is 0 Å². The first-order valence-electron chi connectivity index (χ1n) is 9.96. The maximum Gasteiger partial charge on any atom is 0.253 e. The van der Waals surface area contributed by atoms with Crippen molar-refractivity contribution in [1.29, 1.82) is 0 Å². The molecule has 4 aromatic rings. The Morgan fingerprint density at radius 1 is 1.10 bits per heavy atom. The molecule has 31 heavy (non-hydrogen) atoms. The van der Waals surface area contributed by atoms with Crippen LogP contribution in [0.5, 0.6) is 0 Å². The molecule has 0 fully saturated rings. The standard InChI is InChI=1S/C23H19N5O3/c24-19-20(22(30)21(19)29)28-8-7-14-6-5-13(9-15(14)12-28)10-25-23(31)17-11-26-27-18-4-2-1-3-16(17)18/h1-6,9,11H,7-8,10,12,24H2,(H,25,31). The fourth-order valence-corrected chi connectivity index (χ4v) is 4.09. The zero-order chi connectivity index (χ0) is 21.5. The lowest BCUT2D eigenvalue weighted by atomic mass is 9.96. The second kappa shape index (κ2) is 7.32. The fourth-order valence-electron chi connectivity index (χ4n) is 4.09. The number of nitrogens with one attached hydrogen (secondary N) is 1. The van der Waals surface area contributed by atoms with E-state index in [-0.39, 0.29) is 11.6 Å². The van der Waals surface area contributed by atoms with Gasteiger partial charge in [-0.25, -0.2) is 0 Å². The van der Waals surface area contributed by atoms with Crippen LogP contribution in [0.3, 0.4) is 0 Å². The molecule has 0 atom stereocenters. The van der Waals surface area contributed by atoms with E-state index >= 15 is 0 Å². The van der Waals surface area contributed by atoms with E-state index in [4.69, 9.17) is 5.73 Å². The quantitative estimate of drug-likeness (QED) is 0.484. The van der Waals surface area contributed by atoms with Gasteiger partial charge in [-0.3, -0.25) is 14.4 Å².